The largest absolute Gasteiger partial charge is 0.504 e. The molecule has 0 unspecified atom stereocenters. The summed E-state index contributed by atoms with van der Waals surface area (Å²) in [6.07, 6.45) is 5.64. The molecular formula is C30H39NO4. The van der Waals surface area contributed by atoms with E-state index < -0.39 is 5.92 Å². The lowest BCUT2D eigenvalue weighted by Crippen LogP contribution is -2.44. The Balaban J connectivity index is 2.04. The molecule has 3 aliphatic rings. The van der Waals surface area contributed by atoms with Crippen molar-refractivity contribution in [1.82, 2.24) is 4.90 Å². The van der Waals surface area contributed by atoms with Crippen LogP contribution in [0.4, 0.5) is 0 Å². The van der Waals surface area contributed by atoms with Gasteiger partial charge in [0.2, 0.25) is 0 Å². The molecule has 5 nitrogen and oxygen atoms in total. The summed E-state index contributed by atoms with van der Waals surface area (Å²) in [6.45, 7) is 15.4. The lowest BCUT2D eigenvalue weighted by molar-refractivity contribution is -0.119. The van der Waals surface area contributed by atoms with Gasteiger partial charge in [-0.2, -0.15) is 0 Å². The highest BCUT2D eigenvalue weighted by Crippen LogP contribution is 2.55. The molecule has 0 saturated heterocycles. The lowest BCUT2D eigenvalue weighted by Gasteiger charge is -2.49. The molecule has 0 bridgehead atoms. The van der Waals surface area contributed by atoms with Gasteiger partial charge in [-0.1, -0.05) is 46.8 Å². The number of methoxy groups -OCH3 is 1. The molecule has 1 aliphatic heterocycles. The summed E-state index contributed by atoms with van der Waals surface area (Å²) in [6, 6.07) is 3.73. The summed E-state index contributed by atoms with van der Waals surface area (Å²) in [5, 5.41) is 10.7. The number of carbonyl (C=O) groups is 2. The van der Waals surface area contributed by atoms with Gasteiger partial charge in [-0.3, -0.25) is 9.59 Å². The van der Waals surface area contributed by atoms with Gasteiger partial charge in [-0.25, -0.2) is 0 Å². The Bertz CT molecular complexity index is 1100. The van der Waals surface area contributed by atoms with Crippen LogP contribution < -0.4 is 4.74 Å². The van der Waals surface area contributed by atoms with E-state index in [9.17, 15) is 14.7 Å². The Morgan fingerprint density at radius 3 is 2.03 bits per heavy atom. The molecule has 1 aromatic rings. The quantitative estimate of drug-likeness (QED) is 0.492. The van der Waals surface area contributed by atoms with Crippen molar-refractivity contribution >= 4 is 11.6 Å². The minimum atomic E-state index is -0.446. The number of Topliss-reactive ketones (excluding diaryl/α,β-unsaturated/α-hetero) is 2. The number of hydrogen-bond donors (Lipinski definition) is 1. The molecule has 0 atom stereocenters. The zero-order valence-electron chi connectivity index (χ0n) is 22.1. The first-order valence-corrected chi connectivity index (χ1v) is 12.7. The Morgan fingerprint density at radius 2 is 1.57 bits per heavy atom. The Hall–Kier alpha value is -2.82. The normalized spacial score (nSPS) is 21.7. The number of ether oxygens (including phenoxy) is 1. The van der Waals surface area contributed by atoms with Gasteiger partial charge in [0.05, 0.1) is 7.11 Å². The number of ketones is 2. The zero-order chi connectivity index (χ0) is 25.7. The minimum absolute atomic E-state index is 0.0789. The number of carbonyl (C=O) groups excluding carboxylic acids is 2. The minimum Gasteiger partial charge on any atom is -0.504 e. The molecule has 0 fully saturated rings. The fourth-order valence-electron chi connectivity index (χ4n) is 6.20. The van der Waals surface area contributed by atoms with Crippen molar-refractivity contribution in [2.45, 2.75) is 79.1 Å². The van der Waals surface area contributed by atoms with Crippen LogP contribution in [-0.4, -0.2) is 35.2 Å². The first-order valence-electron chi connectivity index (χ1n) is 12.7. The van der Waals surface area contributed by atoms with E-state index in [0.717, 1.165) is 53.9 Å². The summed E-state index contributed by atoms with van der Waals surface area (Å²) in [7, 11) is 1.53. The van der Waals surface area contributed by atoms with Gasteiger partial charge in [-0.05, 0) is 48.1 Å². The Morgan fingerprint density at radius 1 is 1.03 bits per heavy atom. The molecule has 1 N–H and O–H groups in total. The van der Waals surface area contributed by atoms with E-state index in [-0.39, 0.29) is 28.1 Å². The van der Waals surface area contributed by atoms with E-state index in [1.54, 1.807) is 12.1 Å². The van der Waals surface area contributed by atoms with Crippen LogP contribution in [0.15, 0.2) is 47.3 Å². The number of phenolic OH excluding ortho intramolecular Hbond substituents is 1. The average Bonchev–Trinajstić information content (AvgIpc) is 2.74. The number of aromatic hydroxyl groups is 1. The fraction of sp³-hybridized carbons (Fsp3) is 0.533. The summed E-state index contributed by atoms with van der Waals surface area (Å²) in [5.74, 6) is 0.216. The summed E-state index contributed by atoms with van der Waals surface area (Å²) >= 11 is 0. The Kier molecular flexibility index (Phi) is 6.50. The van der Waals surface area contributed by atoms with E-state index >= 15 is 0 Å². The molecule has 5 heteroatoms. The molecule has 0 aromatic heterocycles. The van der Waals surface area contributed by atoms with E-state index in [1.807, 2.05) is 6.07 Å². The highest BCUT2D eigenvalue weighted by Gasteiger charge is 2.49. The molecule has 0 radical (unpaired) electrons. The monoisotopic (exact) mass is 477 g/mol. The second-order valence-electron chi connectivity index (χ2n) is 11.9. The first kappa shape index (κ1) is 25.3. The highest BCUT2D eigenvalue weighted by atomic mass is 16.5. The highest BCUT2D eigenvalue weighted by molar-refractivity contribution is 6.06. The van der Waals surface area contributed by atoms with Crippen LogP contribution in [0.25, 0.3) is 0 Å². The van der Waals surface area contributed by atoms with E-state index in [1.165, 1.54) is 7.11 Å². The predicted octanol–water partition coefficient (Wildman–Crippen LogP) is 6.22. The standard InChI is InChI=1S/C30H39NO4/c1-8-10-18-12-19(13-24(35-7)28(18)34)25-26-20(14-29(3,4)16-22(26)32)31(11-9-2)21-15-30(5,6)17-23(33)27(21)25/h8,12-13,25,34H,1,9-11,14-17H2,2-7H3. The van der Waals surface area contributed by atoms with Crippen LogP contribution in [0, 0.1) is 10.8 Å². The molecule has 1 aromatic carbocycles. The molecule has 4 rings (SSSR count). The van der Waals surface area contributed by atoms with Crippen LogP contribution in [0.2, 0.25) is 0 Å². The van der Waals surface area contributed by atoms with Crippen LogP contribution in [0.5, 0.6) is 11.5 Å². The molecule has 0 saturated carbocycles. The summed E-state index contributed by atoms with van der Waals surface area (Å²) in [4.78, 5) is 29.9. The zero-order valence-corrected chi connectivity index (χ0v) is 22.1. The second kappa shape index (κ2) is 9.00. The van der Waals surface area contributed by atoms with E-state index in [2.05, 4.69) is 46.1 Å². The number of allylic oxidation sites excluding steroid dienone is 5. The van der Waals surface area contributed by atoms with Crippen molar-refractivity contribution < 1.29 is 19.4 Å². The van der Waals surface area contributed by atoms with Gasteiger partial charge >= 0.3 is 0 Å². The van der Waals surface area contributed by atoms with Gasteiger partial charge in [0.1, 0.15) is 0 Å². The van der Waals surface area contributed by atoms with Gasteiger partial charge in [0.15, 0.2) is 23.1 Å². The van der Waals surface area contributed by atoms with Crippen molar-refractivity contribution in [2.75, 3.05) is 13.7 Å². The summed E-state index contributed by atoms with van der Waals surface area (Å²) < 4.78 is 5.52. The third-order valence-electron chi connectivity index (χ3n) is 7.56. The molecule has 0 spiro atoms. The van der Waals surface area contributed by atoms with E-state index in [4.69, 9.17) is 4.74 Å². The van der Waals surface area contributed by atoms with Gasteiger partial charge in [-0.15, -0.1) is 6.58 Å². The average molecular weight is 478 g/mol. The number of phenols is 1. The van der Waals surface area contributed by atoms with Crippen LogP contribution >= 0.6 is 0 Å². The molecule has 35 heavy (non-hydrogen) atoms. The third-order valence-corrected chi connectivity index (χ3v) is 7.56. The molecule has 188 valence electrons. The van der Waals surface area contributed by atoms with Crippen LogP contribution in [-0.2, 0) is 16.0 Å². The van der Waals surface area contributed by atoms with Crippen molar-refractivity contribution in [3.8, 4) is 11.5 Å². The number of rotatable bonds is 6. The summed E-state index contributed by atoms with van der Waals surface area (Å²) in [5.41, 5.74) is 4.87. The van der Waals surface area contributed by atoms with Gasteiger partial charge in [0.25, 0.3) is 0 Å². The molecule has 2 aliphatic carbocycles. The first-order chi connectivity index (χ1) is 16.4. The van der Waals surface area contributed by atoms with Crippen molar-refractivity contribution in [3.63, 3.8) is 0 Å². The van der Waals surface area contributed by atoms with E-state index in [0.29, 0.717) is 30.6 Å². The molecular weight excluding hydrogens is 438 g/mol. The third kappa shape index (κ3) is 4.46. The second-order valence-corrected chi connectivity index (χ2v) is 11.9. The van der Waals surface area contributed by atoms with Gasteiger partial charge < -0.3 is 14.7 Å². The maximum atomic E-state index is 13.8. The van der Waals surface area contributed by atoms with Crippen molar-refractivity contribution in [3.05, 3.63) is 58.5 Å². The maximum Gasteiger partial charge on any atom is 0.162 e. The number of hydrogen-bond acceptors (Lipinski definition) is 5. The predicted molar refractivity (Wildman–Crippen MR) is 138 cm³/mol. The maximum absolute atomic E-state index is 13.8. The molecule has 0 amide bonds. The van der Waals surface area contributed by atoms with Crippen molar-refractivity contribution in [2.24, 2.45) is 10.8 Å². The smallest absolute Gasteiger partial charge is 0.162 e. The number of nitrogens with zero attached hydrogens (tertiary/aromatic N) is 1. The fourth-order valence-corrected chi connectivity index (χ4v) is 6.20. The topological polar surface area (TPSA) is 66.8 Å². The van der Waals surface area contributed by atoms with Crippen molar-refractivity contribution in [1.29, 1.82) is 0 Å². The van der Waals surface area contributed by atoms with Gasteiger partial charge in [0, 0.05) is 53.4 Å². The lowest BCUT2D eigenvalue weighted by atomic mass is 9.63. The Labute approximate surface area is 209 Å². The molecule has 1 heterocycles. The number of benzene rings is 1. The SMILES string of the molecule is C=CCc1cc(C2C3=C(CC(C)(C)CC3=O)N(CCC)C3=C2C(=O)CC(C)(C)C3)cc(OC)c1O. The van der Waals surface area contributed by atoms with Crippen LogP contribution in [0.3, 0.4) is 0 Å². The van der Waals surface area contributed by atoms with Crippen LogP contribution in [0.1, 0.15) is 83.8 Å².